The number of aromatic nitrogens is 2. The van der Waals surface area contributed by atoms with Crippen LogP contribution in [0.15, 0.2) is 9.95 Å². The minimum absolute atomic E-state index is 0.0648. The van der Waals surface area contributed by atoms with Crippen LogP contribution in [0, 0.1) is 17.2 Å². The van der Waals surface area contributed by atoms with Crippen LogP contribution in [0.25, 0.3) is 10.2 Å². The standard InChI is InChI=1S/C15H17N3OS2/c1-3-18-14(19)12-10-5-4-9(2)8-11(10)21-13(12)17-15(18)20-7-6-16/h9H,3-5,7-8H2,1-2H3/t9-/m1/s1. The second-order valence-corrected chi connectivity index (χ2v) is 7.45. The zero-order valence-corrected chi connectivity index (χ0v) is 13.8. The van der Waals surface area contributed by atoms with Gasteiger partial charge in [0, 0.05) is 11.4 Å². The van der Waals surface area contributed by atoms with E-state index in [4.69, 9.17) is 5.26 Å². The third-order valence-electron chi connectivity index (χ3n) is 3.96. The van der Waals surface area contributed by atoms with Crippen molar-refractivity contribution in [3.63, 3.8) is 0 Å². The molecule has 2 aromatic rings. The third-order valence-corrected chi connectivity index (χ3v) is 5.95. The van der Waals surface area contributed by atoms with Crippen molar-refractivity contribution in [2.24, 2.45) is 5.92 Å². The van der Waals surface area contributed by atoms with E-state index in [0.29, 0.717) is 23.4 Å². The van der Waals surface area contributed by atoms with Gasteiger partial charge < -0.3 is 0 Å². The van der Waals surface area contributed by atoms with Crippen LogP contribution in [0.1, 0.15) is 30.7 Å². The van der Waals surface area contributed by atoms with Gasteiger partial charge in [-0.25, -0.2) is 4.98 Å². The molecule has 0 radical (unpaired) electrons. The molecule has 1 aliphatic carbocycles. The van der Waals surface area contributed by atoms with Crippen molar-refractivity contribution in [2.45, 2.75) is 44.8 Å². The first kappa shape index (κ1) is 14.6. The Hall–Kier alpha value is -1.32. The molecule has 2 heterocycles. The van der Waals surface area contributed by atoms with Crippen molar-refractivity contribution < 1.29 is 0 Å². The predicted molar refractivity (Wildman–Crippen MR) is 87.1 cm³/mol. The number of hydrogen-bond donors (Lipinski definition) is 0. The van der Waals surface area contributed by atoms with Crippen LogP contribution in [0.4, 0.5) is 0 Å². The van der Waals surface area contributed by atoms with E-state index in [-0.39, 0.29) is 5.56 Å². The van der Waals surface area contributed by atoms with Gasteiger partial charge in [0.05, 0.1) is 17.2 Å². The molecule has 3 rings (SSSR count). The molecule has 0 fully saturated rings. The summed E-state index contributed by atoms with van der Waals surface area (Å²) in [5.41, 5.74) is 1.29. The molecule has 0 aromatic carbocycles. The first-order chi connectivity index (χ1) is 10.2. The minimum Gasteiger partial charge on any atom is -0.287 e. The lowest BCUT2D eigenvalue weighted by Crippen LogP contribution is -2.23. The van der Waals surface area contributed by atoms with Gasteiger partial charge in [-0.2, -0.15) is 5.26 Å². The van der Waals surface area contributed by atoms with Crippen molar-refractivity contribution in [2.75, 3.05) is 5.75 Å². The van der Waals surface area contributed by atoms with E-state index < -0.39 is 0 Å². The second kappa shape index (κ2) is 5.82. The number of rotatable bonds is 3. The molecule has 0 N–H and O–H groups in total. The number of aryl methyl sites for hydroxylation is 1. The van der Waals surface area contributed by atoms with Crippen molar-refractivity contribution in [3.8, 4) is 6.07 Å². The van der Waals surface area contributed by atoms with Crippen LogP contribution < -0.4 is 5.56 Å². The lowest BCUT2D eigenvalue weighted by Gasteiger charge is -2.17. The average Bonchev–Trinajstić information content (AvgIpc) is 2.82. The van der Waals surface area contributed by atoms with Gasteiger partial charge in [0.15, 0.2) is 5.16 Å². The molecular weight excluding hydrogens is 302 g/mol. The number of fused-ring (bicyclic) bond motifs is 3. The van der Waals surface area contributed by atoms with Crippen molar-refractivity contribution in [3.05, 3.63) is 20.8 Å². The molecule has 0 bridgehead atoms. The van der Waals surface area contributed by atoms with Crippen LogP contribution in [-0.4, -0.2) is 15.3 Å². The summed E-state index contributed by atoms with van der Waals surface area (Å²) >= 11 is 3.01. The highest BCUT2D eigenvalue weighted by molar-refractivity contribution is 7.99. The molecule has 0 saturated carbocycles. The monoisotopic (exact) mass is 319 g/mol. The quantitative estimate of drug-likeness (QED) is 0.644. The van der Waals surface area contributed by atoms with E-state index in [1.165, 1.54) is 22.2 Å². The zero-order valence-electron chi connectivity index (χ0n) is 12.2. The normalized spacial score (nSPS) is 17.7. The topological polar surface area (TPSA) is 58.7 Å². The molecule has 0 unspecified atom stereocenters. The minimum atomic E-state index is 0.0648. The molecule has 110 valence electrons. The fraction of sp³-hybridized carbons (Fsp3) is 0.533. The fourth-order valence-corrected chi connectivity index (χ4v) is 5.04. The maximum atomic E-state index is 12.8. The average molecular weight is 319 g/mol. The highest BCUT2D eigenvalue weighted by Crippen LogP contribution is 2.36. The molecule has 4 nitrogen and oxygen atoms in total. The van der Waals surface area contributed by atoms with E-state index in [1.54, 1.807) is 15.9 Å². The van der Waals surface area contributed by atoms with Gasteiger partial charge in [-0.1, -0.05) is 18.7 Å². The van der Waals surface area contributed by atoms with Crippen LogP contribution in [0.5, 0.6) is 0 Å². The number of thioether (sulfide) groups is 1. The van der Waals surface area contributed by atoms with Gasteiger partial charge in [-0.05, 0) is 37.7 Å². The van der Waals surface area contributed by atoms with E-state index >= 15 is 0 Å². The van der Waals surface area contributed by atoms with Crippen molar-refractivity contribution in [1.29, 1.82) is 5.26 Å². The Balaban J connectivity index is 2.21. The number of nitriles is 1. The molecule has 2 aromatic heterocycles. The lowest BCUT2D eigenvalue weighted by molar-refractivity contribution is 0.509. The molecule has 0 aliphatic heterocycles. The third kappa shape index (κ3) is 2.49. The summed E-state index contributed by atoms with van der Waals surface area (Å²) in [7, 11) is 0. The van der Waals surface area contributed by atoms with E-state index in [9.17, 15) is 4.79 Å². The van der Waals surface area contributed by atoms with E-state index in [1.807, 2.05) is 6.92 Å². The summed E-state index contributed by atoms with van der Waals surface area (Å²) in [5.74, 6) is 1.01. The number of thiophene rings is 1. The SMILES string of the molecule is CCn1c(SCC#N)nc2sc3c(c2c1=O)CC[C@@H](C)C3. The van der Waals surface area contributed by atoms with Crippen molar-refractivity contribution in [1.82, 2.24) is 9.55 Å². The fourth-order valence-electron chi connectivity index (χ4n) is 2.89. The first-order valence-corrected chi connectivity index (χ1v) is 9.00. The van der Waals surface area contributed by atoms with Crippen molar-refractivity contribution >= 4 is 33.3 Å². The van der Waals surface area contributed by atoms with E-state index in [2.05, 4.69) is 18.0 Å². The van der Waals surface area contributed by atoms with Gasteiger partial charge in [0.25, 0.3) is 5.56 Å². The summed E-state index contributed by atoms with van der Waals surface area (Å²) in [4.78, 5) is 19.6. The summed E-state index contributed by atoms with van der Waals surface area (Å²) in [6.07, 6.45) is 3.19. The van der Waals surface area contributed by atoms with Gasteiger partial charge >= 0.3 is 0 Å². The Bertz CT molecular complexity index is 785. The largest absolute Gasteiger partial charge is 0.287 e. The van der Waals surface area contributed by atoms with Crippen LogP contribution in [0.3, 0.4) is 0 Å². The maximum absolute atomic E-state index is 12.8. The van der Waals surface area contributed by atoms with Crippen LogP contribution >= 0.6 is 23.1 Å². The predicted octanol–water partition coefficient (Wildman–Crippen LogP) is 3.22. The summed E-state index contributed by atoms with van der Waals surface area (Å²) in [6, 6.07) is 2.10. The highest BCUT2D eigenvalue weighted by Gasteiger charge is 2.24. The summed E-state index contributed by atoms with van der Waals surface area (Å²) < 4.78 is 1.70. The smallest absolute Gasteiger partial charge is 0.263 e. The Morgan fingerprint density at radius 3 is 3.10 bits per heavy atom. The molecule has 0 spiro atoms. The Morgan fingerprint density at radius 2 is 2.38 bits per heavy atom. The maximum Gasteiger partial charge on any atom is 0.263 e. The van der Waals surface area contributed by atoms with Gasteiger partial charge in [0.1, 0.15) is 4.83 Å². The summed E-state index contributed by atoms with van der Waals surface area (Å²) in [6.45, 7) is 4.81. The van der Waals surface area contributed by atoms with Gasteiger partial charge in [-0.3, -0.25) is 9.36 Å². The molecule has 0 amide bonds. The second-order valence-electron chi connectivity index (χ2n) is 5.42. The van der Waals surface area contributed by atoms with Crippen LogP contribution in [0.2, 0.25) is 0 Å². The zero-order chi connectivity index (χ0) is 15.0. The highest BCUT2D eigenvalue weighted by atomic mass is 32.2. The number of hydrogen-bond acceptors (Lipinski definition) is 5. The molecular formula is C15H17N3OS2. The Kier molecular flexibility index (Phi) is 4.05. The Morgan fingerprint density at radius 1 is 1.57 bits per heavy atom. The van der Waals surface area contributed by atoms with Gasteiger partial charge in [0.2, 0.25) is 0 Å². The Labute approximate surface area is 131 Å². The first-order valence-electron chi connectivity index (χ1n) is 7.20. The summed E-state index contributed by atoms with van der Waals surface area (Å²) in [5, 5.41) is 10.2. The molecule has 1 aliphatic rings. The van der Waals surface area contributed by atoms with E-state index in [0.717, 1.165) is 29.5 Å². The molecule has 6 heteroatoms. The van der Waals surface area contributed by atoms with Gasteiger partial charge in [-0.15, -0.1) is 11.3 Å². The molecule has 0 saturated heterocycles. The molecule has 21 heavy (non-hydrogen) atoms. The molecule has 1 atom stereocenters. The van der Waals surface area contributed by atoms with Crippen LogP contribution in [-0.2, 0) is 19.4 Å². The lowest BCUT2D eigenvalue weighted by atomic mass is 9.89. The number of nitrogens with zero attached hydrogens (tertiary/aromatic N) is 3.